The summed E-state index contributed by atoms with van der Waals surface area (Å²) in [4.78, 5) is 0. The molecule has 0 bridgehead atoms. The standard InChI is InChI=1S/C17H15Cl2N3OS2/c1-11-2-5-13(6-3-11)20-16-21-22-17(25-16)24-9-8-23-15-7-4-12(18)10-14(15)19/h2-7,10H,8-9H2,1H3,(H,20,21). The van der Waals surface area contributed by atoms with Gasteiger partial charge in [-0.05, 0) is 37.3 Å². The molecule has 0 atom stereocenters. The smallest absolute Gasteiger partial charge is 0.210 e. The Labute approximate surface area is 164 Å². The molecule has 0 amide bonds. The number of hydrogen-bond acceptors (Lipinski definition) is 6. The lowest BCUT2D eigenvalue weighted by atomic mass is 10.2. The molecule has 0 aliphatic carbocycles. The molecule has 0 saturated heterocycles. The highest BCUT2D eigenvalue weighted by atomic mass is 35.5. The molecule has 0 aliphatic rings. The third kappa shape index (κ3) is 5.51. The lowest BCUT2D eigenvalue weighted by Crippen LogP contribution is -2.00. The Hall–Kier alpha value is -1.47. The second-order valence-electron chi connectivity index (χ2n) is 5.14. The summed E-state index contributed by atoms with van der Waals surface area (Å²) < 4.78 is 6.55. The minimum Gasteiger partial charge on any atom is -0.491 e. The molecule has 25 heavy (non-hydrogen) atoms. The Kier molecular flexibility index (Phi) is 6.42. The van der Waals surface area contributed by atoms with Gasteiger partial charge in [0.2, 0.25) is 5.13 Å². The average Bonchev–Trinajstić information content (AvgIpc) is 3.03. The molecule has 1 heterocycles. The van der Waals surface area contributed by atoms with Crippen molar-refractivity contribution in [3.8, 4) is 5.75 Å². The van der Waals surface area contributed by atoms with Crippen molar-refractivity contribution in [2.24, 2.45) is 0 Å². The van der Waals surface area contributed by atoms with Crippen LogP contribution in [0.1, 0.15) is 5.56 Å². The van der Waals surface area contributed by atoms with Gasteiger partial charge in [0.15, 0.2) is 4.34 Å². The Morgan fingerprint density at radius 3 is 2.68 bits per heavy atom. The van der Waals surface area contributed by atoms with E-state index < -0.39 is 0 Å². The minimum absolute atomic E-state index is 0.512. The molecule has 0 unspecified atom stereocenters. The Morgan fingerprint density at radius 1 is 1.12 bits per heavy atom. The maximum atomic E-state index is 6.07. The van der Waals surface area contributed by atoms with E-state index in [1.807, 2.05) is 12.1 Å². The molecule has 0 radical (unpaired) electrons. The van der Waals surface area contributed by atoms with Gasteiger partial charge in [0.1, 0.15) is 5.75 Å². The van der Waals surface area contributed by atoms with E-state index in [0.29, 0.717) is 22.4 Å². The van der Waals surface area contributed by atoms with Crippen molar-refractivity contribution < 1.29 is 4.74 Å². The molecule has 0 aliphatic heterocycles. The first-order valence-corrected chi connectivity index (χ1v) is 10.0. The largest absolute Gasteiger partial charge is 0.491 e. The molecule has 4 nitrogen and oxygen atoms in total. The monoisotopic (exact) mass is 411 g/mol. The molecule has 0 saturated carbocycles. The van der Waals surface area contributed by atoms with Gasteiger partial charge < -0.3 is 10.1 Å². The fraction of sp³-hybridized carbons (Fsp3) is 0.176. The van der Waals surface area contributed by atoms with Crippen LogP contribution in [0.15, 0.2) is 46.8 Å². The molecule has 3 rings (SSSR count). The van der Waals surface area contributed by atoms with E-state index in [0.717, 1.165) is 20.9 Å². The maximum absolute atomic E-state index is 6.07. The molecule has 3 aromatic rings. The molecule has 2 aromatic carbocycles. The van der Waals surface area contributed by atoms with Crippen molar-refractivity contribution in [1.82, 2.24) is 10.2 Å². The van der Waals surface area contributed by atoms with Crippen molar-refractivity contribution in [3.05, 3.63) is 58.1 Å². The normalized spacial score (nSPS) is 10.7. The van der Waals surface area contributed by atoms with Gasteiger partial charge in [-0.1, -0.05) is 64.0 Å². The third-order valence-corrected chi connectivity index (χ3v) is 5.64. The summed E-state index contributed by atoms with van der Waals surface area (Å²) in [6.07, 6.45) is 0. The van der Waals surface area contributed by atoms with Crippen LogP contribution >= 0.6 is 46.3 Å². The molecular weight excluding hydrogens is 397 g/mol. The van der Waals surface area contributed by atoms with Crippen molar-refractivity contribution in [3.63, 3.8) is 0 Å². The number of hydrogen-bond donors (Lipinski definition) is 1. The summed E-state index contributed by atoms with van der Waals surface area (Å²) in [7, 11) is 0. The summed E-state index contributed by atoms with van der Waals surface area (Å²) in [6, 6.07) is 13.3. The van der Waals surface area contributed by atoms with Gasteiger partial charge in [-0.2, -0.15) is 0 Å². The molecule has 0 spiro atoms. The Balaban J connectivity index is 1.46. The van der Waals surface area contributed by atoms with E-state index in [2.05, 4.69) is 34.6 Å². The van der Waals surface area contributed by atoms with E-state index in [-0.39, 0.29) is 0 Å². The quantitative estimate of drug-likeness (QED) is 0.377. The molecule has 1 N–H and O–H groups in total. The topological polar surface area (TPSA) is 47.0 Å². The number of aryl methyl sites for hydroxylation is 1. The second kappa shape index (κ2) is 8.76. The Morgan fingerprint density at radius 2 is 1.92 bits per heavy atom. The zero-order valence-corrected chi connectivity index (χ0v) is 16.5. The van der Waals surface area contributed by atoms with Crippen LogP contribution < -0.4 is 10.1 Å². The van der Waals surface area contributed by atoms with Crippen molar-refractivity contribution in [2.75, 3.05) is 17.7 Å². The van der Waals surface area contributed by atoms with Crippen molar-refractivity contribution in [2.45, 2.75) is 11.3 Å². The van der Waals surface area contributed by atoms with E-state index in [1.165, 1.54) is 16.9 Å². The zero-order chi connectivity index (χ0) is 17.6. The number of benzene rings is 2. The molecule has 8 heteroatoms. The van der Waals surface area contributed by atoms with Crippen LogP contribution in [0.4, 0.5) is 10.8 Å². The van der Waals surface area contributed by atoms with Crippen LogP contribution in [-0.2, 0) is 0 Å². The fourth-order valence-corrected chi connectivity index (χ4v) is 4.07. The number of aromatic nitrogens is 2. The number of halogens is 2. The van der Waals surface area contributed by atoms with Crippen molar-refractivity contribution >= 4 is 57.1 Å². The van der Waals surface area contributed by atoms with Crippen molar-refractivity contribution in [1.29, 1.82) is 0 Å². The SMILES string of the molecule is Cc1ccc(Nc2nnc(SCCOc3ccc(Cl)cc3Cl)s2)cc1. The van der Waals surface area contributed by atoms with Gasteiger partial charge in [0.05, 0.1) is 11.6 Å². The molecule has 130 valence electrons. The van der Waals surface area contributed by atoms with Gasteiger partial charge >= 0.3 is 0 Å². The first kappa shape index (κ1) is 18.3. The van der Waals surface area contributed by atoms with E-state index >= 15 is 0 Å². The number of nitrogens with zero attached hydrogens (tertiary/aromatic N) is 2. The van der Waals surface area contributed by atoms with Gasteiger partial charge in [0.25, 0.3) is 0 Å². The Bertz CT molecular complexity index is 840. The van der Waals surface area contributed by atoms with Gasteiger partial charge in [0, 0.05) is 16.5 Å². The second-order valence-corrected chi connectivity index (χ2v) is 8.30. The fourth-order valence-electron chi connectivity index (χ4n) is 1.95. The maximum Gasteiger partial charge on any atom is 0.210 e. The zero-order valence-electron chi connectivity index (χ0n) is 13.3. The highest BCUT2D eigenvalue weighted by Crippen LogP contribution is 2.29. The average molecular weight is 412 g/mol. The van der Waals surface area contributed by atoms with Gasteiger partial charge in [-0.15, -0.1) is 10.2 Å². The molecular formula is C17H15Cl2N3OS2. The summed E-state index contributed by atoms with van der Waals surface area (Å²) in [5.74, 6) is 1.38. The van der Waals surface area contributed by atoms with Gasteiger partial charge in [-0.3, -0.25) is 0 Å². The van der Waals surface area contributed by atoms with E-state index in [9.17, 15) is 0 Å². The minimum atomic E-state index is 0.512. The first-order chi connectivity index (χ1) is 12.1. The first-order valence-electron chi connectivity index (χ1n) is 7.48. The number of nitrogens with one attached hydrogen (secondary N) is 1. The van der Waals surface area contributed by atoms with Crippen LogP contribution in [0.2, 0.25) is 10.0 Å². The van der Waals surface area contributed by atoms with Crippen LogP contribution in [-0.4, -0.2) is 22.6 Å². The number of anilines is 2. The van der Waals surface area contributed by atoms with Gasteiger partial charge in [-0.25, -0.2) is 0 Å². The van der Waals surface area contributed by atoms with E-state index in [1.54, 1.807) is 30.0 Å². The molecule has 1 aromatic heterocycles. The van der Waals surface area contributed by atoms with E-state index in [4.69, 9.17) is 27.9 Å². The number of ether oxygens (including phenoxy) is 1. The third-order valence-electron chi connectivity index (χ3n) is 3.17. The summed E-state index contributed by atoms with van der Waals surface area (Å²) in [6.45, 7) is 2.58. The lowest BCUT2D eigenvalue weighted by molar-refractivity contribution is 0.344. The predicted molar refractivity (Wildman–Crippen MR) is 107 cm³/mol. The predicted octanol–water partition coefficient (Wildman–Crippen LogP) is 6.07. The number of rotatable bonds is 7. The van der Waals surface area contributed by atoms with Crippen LogP contribution in [0, 0.1) is 6.92 Å². The molecule has 0 fully saturated rings. The number of thioether (sulfide) groups is 1. The van der Waals surface area contributed by atoms with Crippen LogP contribution in [0.25, 0.3) is 0 Å². The van der Waals surface area contributed by atoms with Crippen LogP contribution in [0.3, 0.4) is 0 Å². The van der Waals surface area contributed by atoms with Crippen LogP contribution in [0.5, 0.6) is 5.75 Å². The summed E-state index contributed by atoms with van der Waals surface area (Å²) >= 11 is 15.0. The summed E-state index contributed by atoms with van der Waals surface area (Å²) in [5, 5.41) is 13.5. The lowest BCUT2D eigenvalue weighted by Gasteiger charge is -2.07. The highest BCUT2D eigenvalue weighted by Gasteiger charge is 2.06. The highest BCUT2D eigenvalue weighted by molar-refractivity contribution is 8.01. The summed E-state index contributed by atoms with van der Waals surface area (Å²) in [5.41, 5.74) is 2.22.